The first-order valence-corrected chi connectivity index (χ1v) is 36.1. The molecule has 0 saturated heterocycles. The summed E-state index contributed by atoms with van der Waals surface area (Å²) in [5.74, 6) is -0.803. The number of hydrogen-bond donors (Lipinski definition) is 1. The molecule has 0 amide bonds. The number of quaternary nitrogens is 1. The van der Waals surface area contributed by atoms with E-state index in [4.69, 9.17) is 18.5 Å². The van der Waals surface area contributed by atoms with Crippen molar-refractivity contribution in [2.45, 2.75) is 302 Å². The highest BCUT2D eigenvalue weighted by Crippen LogP contribution is 2.43. The Labute approximate surface area is 518 Å². The van der Waals surface area contributed by atoms with E-state index in [1.165, 1.54) is 167 Å². The van der Waals surface area contributed by atoms with Gasteiger partial charge < -0.3 is 18.9 Å². The van der Waals surface area contributed by atoms with Crippen LogP contribution in [0, 0.1) is 0 Å². The van der Waals surface area contributed by atoms with E-state index in [0.29, 0.717) is 17.4 Å². The second-order valence-electron chi connectivity index (χ2n) is 24.2. The Morgan fingerprint density at radius 1 is 0.381 bits per heavy atom. The second kappa shape index (κ2) is 64.2. The molecular formula is C74H131NO8P+. The maximum Gasteiger partial charge on any atom is 0.472 e. The third kappa shape index (κ3) is 67.8. The summed E-state index contributed by atoms with van der Waals surface area (Å²) in [7, 11) is 1.47. The molecule has 0 aromatic rings. The van der Waals surface area contributed by atoms with Gasteiger partial charge in [0.2, 0.25) is 0 Å². The number of phosphoric ester groups is 1. The molecule has 10 heteroatoms. The van der Waals surface area contributed by atoms with Crippen LogP contribution in [0.15, 0.2) is 109 Å². The maximum atomic E-state index is 12.9. The molecule has 0 aromatic heterocycles. The normalized spacial score (nSPS) is 13.8. The average molecular weight is 1190 g/mol. The van der Waals surface area contributed by atoms with Gasteiger partial charge in [0.05, 0.1) is 27.7 Å². The van der Waals surface area contributed by atoms with Gasteiger partial charge in [-0.1, -0.05) is 290 Å². The molecule has 0 aliphatic carbocycles. The molecule has 0 spiro atoms. The first-order valence-electron chi connectivity index (χ1n) is 34.6. The van der Waals surface area contributed by atoms with Crippen LogP contribution in [0.4, 0.5) is 0 Å². The average Bonchev–Trinajstić information content (AvgIpc) is 3.61. The maximum absolute atomic E-state index is 12.9. The number of allylic oxidation sites excluding steroid dienone is 18. The highest BCUT2D eigenvalue weighted by molar-refractivity contribution is 7.47. The lowest BCUT2D eigenvalue weighted by Crippen LogP contribution is -2.37. The first kappa shape index (κ1) is 80.7. The minimum Gasteiger partial charge on any atom is -0.462 e. The van der Waals surface area contributed by atoms with Gasteiger partial charge in [-0.05, 0) is 103 Å². The van der Waals surface area contributed by atoms with E-state index in [-0.39, 0.29) is 32.0 Å². The quantitative estimate of drug-likeness (QED) is 0.0211. The third-order valence-corrected chi connectivity index (χ3v) is 15.8. The van der Waals surface area contributed by atoms with Crippen molar-refractivity contribution >= 4 is 19.8 Å². The molecule has 1 N–H and O–H groups in total. The molecule has 0 rings (SSSR count). The van der Waals surface area contributed by atoms with Crippen LogP contribution in [-0.4, -0.2) is 74.9 Å². The van der Waals surface area contributed by atoms with Gasteiger partial charge in [-0.15, -0.1) is 0 Å². The van der Waals surface area contributed by atoms with Gasteiger partial charge in [0, 0.05) is 12.8 Å². The smallest absolute Gasteiger partial charge is 0.462 e. The number of unbranched alkanes of at least 4 members (excludes halogenated alkanes) is 31. The molecule has 2 unspecified atom stereocenters. The molecule has 0 saturated carbocycles. The molecule has 0 bridgehead atoms. The van der Waals surface area contributed by atoms with Crippen LogP contribution in [0.1, 0.15) is 296 Å². The van der Waals surface area contributed by atoms with Crippen molar-refractivity contribution in [2.24, 2.45) is 0 Å². The lowest BCUT2D eigenvalue weighted by atomic mass is 10.0. The number of rotatable bonds is 63. The molecule has 0 heterocycles. The molecular weight excluding hydrogens is 1060 g/mol. The number of nitrogens with zero attached hydrogens (tertiary/aromatic N) is 1. The zero-order chi connectivity index (χ0) is 61.2. The summed E-state index contributed by atoms with van der Waals surface area (Å²) in [6.45, 7) is 4.32. The SMILES string of the molecule is CC/C=C\C/C=C\C/C=C\C/C=C\C/C=C\C/C=C\CCCCCCCCCCC(=O)OC(COC(=O)CCCCCCCCCCCCCCCCCCCC/C=C\C/C=C\C/C=C\CCCCCCC)COP(=O)(O)OCC[N+](C)(C)C. The van der Waals surface area contributed by atoms with Crippen molar-refractivity contribution in [3.8, 4) is 0 Å². The molecule has 0 fully saturated rings. The molecule has 484 valence electrons. The van der Waals surface area contributed by atoms with E-state index in [2.05, 4.69) is 123 Å². The summed E-state index contributed by atoms with van der Waals surface area (Å²) < 4.78 is 34.7. The number of hydrogen-bond acceptors (Lipinski definition) is 7. The largest absolute Gasteiger partial charge is 0.472 e. The van der Waals surface area contributed by atoms with Crippen molar-refractivity contribution in [1.82, 2.24) is 0 Å². The van der Waals surface area contributed by atoms with Crippen LogP contribution >= 0.6 is 7.82 Å². The molecule has 2 atom stereocenters. The number of phosphoric acid groups is 1. The van der Waals surface area contributed by atoms with Gasteiger partial charge in [0.1, 0.15) is 19.8 Å². The Morgan fingerprint density at radius 2 is 0.679 bits per heavy atom. The fraction of sp³-hybridized carbons (Fsp3) is 0.730. The van der Waals surface area contributed by atoms with Gasteiger partial charge in [-0.3, -0.25) is 18.6 Å². The molecule has 0 aliphatic rings. The van der Waals surface area contributed by atoms with E-state index in [9.17, 15) is 19.0 Å². The van der Waals surface area contributed by atoms with Gasteiger partial charge >= 0.3 is 19.8 Å². The molecule has 0 aromatic carbocycles. The number of likely N-dealkylation sites (N-methyl/N-ethyl adjacent to an activating group) is 1. The summed E-state index contributed by atoms with van der Waals surface area (Å²) in [4.78, 5) is 35.9. The van der Waals surface area contributed by atoms with E-state index >= 15 is 0 Å². The van der Waals surface area contributed by atoms with Crippen LogP contribution in [0.25, 0.3) is 0 Å². The summed E-state index contributed by atoms with van der Waals surface area (Å²) in [5, 5.41) is 0. The van der Waals surface area contributed by atoms with Gasteiger partial charge in [0.25, 0.3) is 0 Å². The van der Waals surface area contributed by atoms with Gasteiger partial charge in [-0.25, -0.2) is 4.57 Å². The standard InChI is InChI=1S/C74H130NO8P/c1-6-8-10-12-14-16-18-20-22-24-26-28-30-32-34-35-36-37-38-39-41-42-44-46-48-50-52-54-56-58-60-62-64-66-73(76)80-70-72(71-82-84(78,79)81-69-68-75(3,4)5)83-74(77)67-65-63-61-59-57-55-53-51-49-47-45-43-40-33-31-29-27-25-23-21-19-17-15-13-11-9-7-2/h9,11,15,17-18,20-21,23-24,26-27,29-30,32-33,40,45,47,72H,6-8,10,12-14,16,19,22,25,28,31,34-39,41-44,46,48-71H2,1-5H3/p+1/b11-9-,17-15-,20-18-,23-21-,26-24-,29-27-,32-30-,40-33-,47-45-. The van der Waals surface area contributed by atoms with Crippen molar-refractivity contribution in [2.75, 3.05) is 47.5 Å². The minimum absolute atomic E-state index is 0.0258. The van der Waals surface area contributed by atoms with E-state index in [1.807, 2.05) is 21.1 Å². The molecule has 9 nitrogen and oxygen atoms in total. The van der Waals surface area contributed by atoms with Crippen molar-refractivity contribution in [3.05, 3.63) is 109 Å². The van der Waals surface area contributed by atoms with E-state index < -0.39 is 26.5 Å². The van der Waals surface area contributed by atoms with Crippen LogP contribution in [-0.2, 0) is 32.7 Å². The zero-order valence-corrected chi connectivity index (χ0v) is 56.0. The third-order valence-electron chi connectivity index (χ3n) is 14.8. The Hall–Kier alpha value is -3.33. The first-order chi connectivity index (χ1) is 41.0. The van der Waals surface area contributed by atoms with Gasteiger partial charge in [-0.2, -0.15) is 0 Å². The van der Waals surface area contributed by atoms with Crippen molar-refractivity contribution in [1.29, 1.82) is 0 Å². The zero-order valence-electron chi connectivity index (χ0n) is 55.1. The lowest BCUT2D eigenvalue weighted by molar-refractivity contribution is -0.870. The fourth-order valence-corrected chi connectivity index (χ4v) is 10.2. The molecule has 84 heavy (non-hydrogen) atoms. The minimum atomic E-state index is -4.40. The van der Waals surface area contributed by atoms with Crippen LogP contribution in [0.5, 0.6) is 0 Å². The predicted octanol–water partition coefficient (Wildman–Crippen LogP) is 22.5. The summed E-state index contributed by atoms with van der Waals surface area (Å²) in [5.41, 5.74) is 0. The molecule has 0 aliphatic heterocycles. The second-order valence-corrected chi connectivity index (χ2v) is 25.6. The van der Waals surface area contributed by atoms with E-state index in [1.54, 1.807) is 0 Å². The predicted molar refractivity (Wildman–Crippen MR) is 362 cm³/mol. The van der Waals surface area contributed by atoms with Crippen molar-refractivity contribution < 1.29 is 42.1 Å². The monoisotopic (exact) mass is 1190 g/mol. The number of ether oxygens (including phenoxy) is 2. The van der Waals surface area contributed by atoms with Crippen LogP contribution in [0.2, 0.25) is 0 Å². The Bertz CT molecular complexity index is 1790. The highest BCUT2D eigenvalue weighted by atomic mass is 31.2. The van der Waals surface area contributed by atoms with Crippen LogP contribution < -0.4 is 0 Å². The Kier molecular flexibility index (Phi) is 61.6. The van der Waals surface area contributed by atoms with Crippen LogP contribution in [0.3, 0.4) is 0 Å². The number of carbonyl (C=O) groups is 2. The van der Waals surface area contributed by atoms with E-state index in [0.717, 1.165) is 96.3 Å². The van der Waals surface area contributed by atoms with Gasteiger partial charge in [0.15, 0.2) is 6.10 Å². The number of carbonyl (C=O) groups excluding carboxylic acids is 2. The summed E-state index contributed by atoms with van der Waals surface area (Å²) in [6.07, 6.45) is 90.4. The topological polar surface area (TPSA) is 108 Å². The molecule has 0 radical (unpaired) electrons. The summed E-state index contributed by atoms with van der Waals surface area (Å²) in [6, 6.07) is 0. The Morgan fingerprint density at radius 3 is 1.01 bits per heavy atom. The lowest BCUT2D eigenvalue weighted by Gasteiger charge is -2.24. The summed E-state index contributed by atoms with van der Waals surface area (Å²) >= 11 is 0. The fourth-order valence-electron chi connectivity index (χ4n) is 9.50. The highest BCUT2D eigenvalue weighted by Gasteiger charge is 2.27. The number of esters is 2. The Balaban J connectivity index is 4.07. The van der Waals surface area contributed by atoms with Crippen molar-refractivity contribution in [3.63, 3.8) is 0 Å².